The van der Waals surface area contributed by atoms with E-state index in [0.717, 1.165) is 5.56 Å². The van der Waals surface area contributed by atoms with E-state index in [-0.39, 0.29) is 5.69 Å². The van der Waals surface area contributed by atoms with Crippen LogP contribution in [-0.2, 0) is 0 Å². The largest absolute Gasteiger partial charge is 0.496 e. The molecule has 0 atom stereocenters. The number of ether oxygens (including phenoxy) is 1. The molecule has 15 heavy (non-hydrogen) atoms. The van der Waals surface area contributed by atoms with Crippen LogP contribution >= 0.6 is 0 Å². The molecule has 0 radical (unpaired) electrons. The van der Waals surface area contributed by atoms with E-state index in [0.29, 0.717) is 16.7 Å². The molecule has 0 fully saturated rings. The van der Waals surface area contributed by atoms with Crippen LogP contribution in [0.3, 0.4) is 0 Å². The molecule has 0 aliphatic carbocycles. The third-order valence-corrected chi connectivity index (χ3v) is 2.32. The van der Waals surface area contributed by atoms with Gasteiger partial charge in [0.15, 0.2) is 0 Å². The fraction of sp³-hybridized carbons (Fsp3) is 0.300. The first-order valence-electron chi connectivity index (χ1n) is 4.44. The van der Waals surface area contributed by atoms with Gasteiger partial charge in [-0.3, -0.25) is 5.10 Å². The van der Waals surface area contributed by atoms with Crippen LogP contribution in [0, 0.1) is 6.92 Å². The molecule has 0 aliphatic rings. The predicted octanol–water partition coefficient (Wildman–Crippen LogP) is 2.82. The number of nitrogens with zero attached hydrogens (tertiary/aromatic N) is 1. The summed E-state index contributed by atoms with van der Waals surface area (Å²) in [7, 11) is 1.54. The maximum atomic E-state index is 12.5. The van der Waals surface area contributed by atoms with Gasteiger partial charge in [-0.1, -0.05) is 0 Å². The highest BCUT2D eigenvalue weighted by Gasteiger charge is 2.15. The summed E-state index contributed by atoms with van der Waals surface area (Å²) in [5.74, 6) is 0.648. The van der Waals surface area contributed by atoms with Gasteiger partial charge in [0, 0.05) is 11.5 Å². The maximum absolute atomic E-state index is 12.5. The van der Waals surface area contributed by atoms with Crippen molar-refractivity contribution >= 4 is 10.9 Å². The molecule has 0 amide bonds. The van der Waals surface area contributed by atoms with Crippen LogP contribution in [0.1, 0.15) is 17.7 Å². The summed E-state index contributed by atoms with van der Waals surface area (Å²) in [6.07, 6.45) is -2.54. The third kappa shape index (κ3) is 1.54. The monoisotopic (exact) mass is 212 g/mol. The van der Waals surface area contributed by atoms with Crippen molar-refractivity contribution in [1.82, 2.24) is 10.2 Å². The number of methoxy groups -OCH3 is 1. The van der Waals surface area contributed by atoms with Crippen molar-refractivity contribution in [3.05, 3.63) is 23.4 Å². The van der Waals surface area contributed by atoms with E-state index in [1.807, 2.05) is 0 Å². The number of aryl methyl sites for hydroxylation is 1. The minimum Gasteiger partial charge on any atom is -0.496 e. The Labute approximate surface area is 85.0 Å². The minimum absolute atomic E-state index is 0.143. The fourth-order valence-corrected chi connectivity index (χ4v) is 1.55. The van der Waals surface area contributed by atoms with Gasteiger partial charge in [0.05, 0.1) is 12.6 Å². The molecule has 0 saturated heterocycles. The van der Waals surface area contributed by atoms with Gasteiger partial charge in [-0.15, -0.1) is 0 Å². The predicted molar refractivity (Wildman–Crippen MR) is 52.3 cm³/mol. The molecule has 2 rings (SSSR count). The zero-order chi connectivity index (χ0) is 11.0. The van der Waals surface area contributed by atoms with Gasteiger partial charge in [-0.2, -0.15) is 5.10 Å². The second-order valence-corrected chi connectivity index (χ2v) is 3.28. The molecule has 0 unspecified atom stereocenters. The minimum atomic E-state index is -2.54. The van der Waals surface area contributed by atoms with E-state index >= 15 is 0 Å². The fourth-order valence-electron chi connectivity index (χ4n) is 1.55. The molecular formula is C10H10F2N2O. The summed E-state index contributed by atoms with van der Waals surface area (Å²) in [5, 5.41) is 6.59. The number of fused-ring (bicyclic) bond motifs is 1. The Morgan fingerprint density at radius 2 is 2.13 bits per heavy atom. The smallest absolute Gasteiger partial charge is 0.280 e. The van der Waals surface area contributed by atoms with Gasteiger partial charge in [0.2, 0.25) is 0 Å². The lowest BCUT2D eigenvalue weighted by Gasteiger charge is -2.04. The maximum Gasteiger partial charge on any atom is 0.280 e. The first-order chi connectivity index (χ1) is 7.13. The number of hydrogen-bond donors (Lipinski definition) is 1. The number of rotatable bonds is 2. The van der Waals surface area contributed by atoms with Gasteiger partial charge >= 0.3 is 0 Å². The number of halogens is 2. The molecule has 80 valence electrons. The van der Waals surface area contributed by atoms with Crippen molar-refractivity contribution in [3.63, 3.8) is 0 Å². The lowest BCUT2D eigenvalue weighted by atomic mass is 10.1. The van der Waals surface area contributed by atoms with Gasteiger partial charge in [-0.05, 0) is 18.6 Å². The van der Waals surface area contributed by atoms with Crippen molar-refractivity contribution in [2.24, 2.45) is 0 Å². The van der Waals surface area contributed by atoms with E-state index < -0.39 is 6.43 Å². The van der Waals surface area contributed by atoms with E-state index in [1.165, 1.54) is 7.11 Å². The second-order valence-electron chi connectivity index (χ2n) is 3.28. The lowest BCUT2D eigenvalue weighted by Crippen LogP contribution is -1.88. The topological polar surface area (TPSA) is 37.9 Å². The molecule has 5 heteroatoms. The summed E-state index contributed by atoms with van der Waals surface area (Å²) in [6, 6.07) is 3.30. The molecule has 0 bridgehead atoms. The Balaban J connectivity index is 2.68. The van der Waals surface area contributed by atoms with Crippen molar-refractivity contribution < 1.29 is 13.5 Å². The van der Waals surface area contributed by atoms with Crippen LogP contribution in [0.5, 0.6) is 5.75 Å². The van der Waals surface area contributed by atoms with Crippen LogP contribution in [0.4, 0.5) is 8.78 Å². The zero-order valence-electron chi connectivity index (χ0n) is 8.34. The SMILES string of the molecule is COc1cc2n[nH]c(C(F)F)c2cc1C. The molecule has 0 saturated carbocycles. The van der Waals surface area contributed by atoms with E-state index in [9.17, 15) is 8.78 Å². The van der Waals surface area contributed by atoms with Crippen molar-refractivity contribution in [3.8, 4) is 5.75 Å². The average molecular weight is 212 g/mol. The van der Waals surface area contributed by atoms with E-state index in [2.05, 4.69) is 10.2 Å². The van der Waals surface area contributed by atoms with Gasteiger partial charge in [0.1, 0.15) is 11.4 Å². The van der Waals surface area contributed by atoms with Gasteiger partial charge in [-0.25, -0.2) is 8.78 Å². The Bertz CT molecular complexity index is 493. The van der Waals surface area contributed by atoms with Crippen LogP contribution in [0.2, 0.25) is 0 Å². The summed E-state index contributed by atoms with van der Waals surface area (Å²) in [4.78, 5) is 0. The Hall–Kier alpha value is -1.65. The quantitative estimate of drug-likeness (QED) is 0.831. The van der Waals surface area contributed by atoms with Crippen LogP contribution in [-0.4, -0.2) is 17.3 Å². The number of nitrogens with one attached hydrogen (secondary N) is 1. The van der Waals surface area contributed by atoms with Crippen molar-refractivity contribution in [1.29, 1.82) is 0 Å². The van der Waals surface area contributed by atoms with Crippen LogP contribution < -0.4 is 4.74 Å². The van der Waals surface area contributed by atoms with Gasteiger partial charge in [0.25, 0.3) is 6.43 Å². The highest BCUT2D eigenvalue weighted by atomic mass is 19.3. The molecule has 1 aromatic heterocycles. The highest BCUT2D eigenvalue weighted by molar-refractivity contribution is 5.84. The van der Waals surface area contributed by atoms with Crippen molar-refractivity contribution in [2.75, 3.05) is 7.11 Å². The molecule has 1 heterocycles. The molecule has 1 N–H and O–H groups in total. The molecule has 0 aliphatic heterocycles. The zero-order valence-corrected chi connectivity index (χ0v) is 8.34. The normalized spacial score (nSPS) is 11.3. The van der Waals surface area contributed by atoms with E-state index in [4.69, 9.17) is 4.74 Å². The molecule has 2 aromatic rings. The standard InChI is InChI=1S/C10H10F2N2O/c1-5-3-6-7(4-8(5)15-2)13-14-9(6)10(11)12/h3-4,10H,1-2H3,(H,13,14). The molecular weight excluding hydrogens is 202 g/mol. The third-order valence-electron chi connectivity index (χ3n) is 2.32. The average Bonchev–Trinajstić information content (AvgIpc) is 2.59. The summed E-state index contributed by atoms with van der Waals surface area (Å²) in [6.45, 7) is 1.81. The number of hydrogen-bond acceptors (Lipinski definition) is 2. The lowest BCUT2D eigenvalue weighted by molar-refractivity contribution is 0.147. The number of alkyl halides is 2. The second kappa shape index (κ2) is 3.49. The molecule has 3 nitrogen and oxygen atoms in total. The number of benzene rings is 1. The first-order valence-corrected chi connectivity index (χ1v) is 4.44. The summed E-state index contributed by atoms with van der Waals surface area (Å²) in [5.41, 5.74) is 1.16. The Kier molecular flexibility index (Phi) is 2.30. The van der Waals surface area contributed by atoms with Crippen LogP contribution in [0.25, 0.3) is 10.9 Å². The van der Waals surface area contributed by atoms with Gasteiger partial charge < -0.3 is 4.74 Å². The first kappa shape index (κ1) is 9.89. The Morgan fingerprint density at radius 3 is 2.73 bits per heavy atom. The number of aromatic nitrogens is 2. The van der Waals surface area contributed by atoms with Crippen molar-refractivity contribution in [2.45, 2.75) is 13.3 Å². The molecule has 0 spiro atoms. The Morgan fingerprint density at radius 1 is 1.40 bits per heavy atom. The summed E-state index contributed by atoms with van der Waals surface area (Å²) >= 11 is 0. The summed E-state index contributed by atoms with van der Waals surface area (Å²) < 4.78 is 30.2. The number of H-pyrrole nitrogens is 1. The van der Waals surface area contributed by atoms with E-state index in [1.54, 1.807) is 19.1 Å². The highest BCUT2D eigenvalue weighted by Crippen LogP contribution is 2.30. The number of aromatic amines is 1. The van der Waals surface area contributed by atoms with Crippen LogP contribution in [0.15, 0.2) is 12.1 Å². The molecule has 1 aromatic carbocycles.